The van der Waals surface area contributed by atoms with Gasteiger partial charge in [0.25, 0.3) is 0 Å². The third-order valence-electron chi connectivity index (χ3n) is 11.5. The first-order chi connectivity index (χ1) is 14.6. The predicted molar refractivity (Wildman–Crippen MR) is 124 cm³/mol. The van der Waals surface area contributed by atoms with E-state index in [1.807, 2.05) is 0 Å². The highest BCUT2D eigenvalue weighted by molar-refractivity contribution is 5.18. The van der Waals surface area contributed by atoms with E-state index in [0.29, 0.717) is 35.0 Å². The lowest BCUT2D eigenvalue weighted by atomic mass is 9.42. The zero-order valence-electron chi connectivity index (χ0n) is 20.8. The van der Waals surface area contributed by atoms with Gasteiger partial charge in [0.1, 0.15) is 5.60 Å². The molecule has 176 valence electrons. The van der Waals surface area contributed by atoms with Crippen LogP contribution in [0.25, 0.3) is 0 Å². The van der Waals surface area contributed by atoms with Crippen LogP contribution in [0, 0.1) is 52.3 Å². The summed E-state index contributed by atoms with van der Waals surface area (Å²) in [5.41, 5.74) is 0.329. The molecule has 4 aliphatic carbocycles. The van der Waals surface area contributed by atoms with Gasteiger partial charge in [-0.25, -0.2) is 9.78 Å². The van der Waals surface area contributed by atoms with E-state index >= 15 is 0 Å². The molecule has 1 heterocycles. The largest absolute Gasteiger partial charge is 0.393 e. The fourth-order valence-electron chi connectivity index (χ4n) is 9.19. The number of aliphatic hydroxyl groups excluding tert-OH is 1. The van der Waals surface area contributed by atoms with Gasteiger partial charge < -0.3 is 5.11 Å². The Labute approximate surface area is 190 Å². The predicted octanol–water partition coefficient (Wildman–Crippen LogP) is 6.55. The Morgan fingerprint density at radius 1 is 0.903 bits per heavy atom. The summed E-state index contributed by atoms with van der Waals surface area (Å²) in [6.45, 7) is 14.6. The minimum Gasteiger partial charge on any atom is -0.393 e. The molecule has 11 unspecified atom stereocenters. The molecule has 1 N–H and O–H groups in total. The van der Waals surface area contributed by atoms with Gasteiger partial charge >= 0.3 is 0 Å². The van der Waals surface area contributed by atoms with Crippen LogP contribution in [0.15, 0.2) is 12.2 Å². The van der Waals surface area contributed by atoms with Crippen LogP contribution < -0.4 is 0 Å². The van der Waals surface area contributed by atoms with Crippen LogP contribution in [0.4, 0.5) is 0 Å². The molecule has 2 bridgehead atoms. The molecule has 1 aliphatic heterocycles. The summed E-state index contributed by atoms with van der Waals surface area (Å²) in [5.74, 6) is 4.86. The van der Waals surface area contributed by atoms with E-state index in [4.69, 9.17) is 9.78 Å². The van der Waals surface area contributed by atoms with Crippen molar-refractivity contribution in [1.82, 2.24) is 0 Å². The van der Waals surface area contributed by atoms with Crippen LogP contribution in [-0.2, 0) is 9.78 Å². The van der Waals surface area contributed by atoms with Gasteiger partial charge in [-0.3, -0.25) is 0 Å². The fraction of sp³-hybridized carbons (Fsp3) is 0.929. The summed E-state index contributed by atoms with van der Waals surface area (Å²) in [7, 11) is 0. The van der Waals surface area contributed by atoms with Gasteiger partial charge in [-0.05, 0) is 85.4 Å². The molecule has 31 heavy (non-hydrogen) atoms. The molecule has 5 fully saturated rings. The van der Waals surface area contributed by atoms with Gasteiger partial charge in [0.2, 0.25) is 0 Å². The lowest BCUT2D eigenvalue weighted by Gasteiger charge is -2.62. The van der Waals surface area contributed by atoms with Crippen LogP contribution >= 0.6 is 0 Å². The number of rotatable bonds is 4. The van der Waals surface area contributed by atoms with E-state index in [1.54, 1.807) is 0 Å². The molecule has 4 saturated carbocycles. The molecule has 0 aromatic carbocycles. The molecule has 0 amide bonds. The second-order valence-electron chi connectivity index (χ2n) is 13.1. The average molecular weight is 431 g/mol. The average Bonchev–Trinajstić information content (AvgIpc) is 3.27. The normalized spacial score (nSPS) is 53.3. The molecule has 1 spiro atoms. The molecular weight excluding hydrogens is 384 g/mol. The first kappa shape index (κ1) is 22.4. The summed E-state index contributed by atoms with van der Waals surface area (Å²) >= 11 is 0. The minimum absolute atomic E-state index is 0.154. The van der Waals surface area contributed by atoms with Crippen molar-refractivity contribution in [3.8, 4) is 0 Å². The molecule has 3 nitrogen and oxygen atoms in total. The van der Waals surface area contributed by atoms with E-state index in [9.17, 15) is 5.11 Å². The maximum absolute atomic E-state index is 10.4. The summed E-state index contributed by atoms with van der Waals surface area (Å²) in [4.78, 5) is 12.4. The van der Waals surface area contributed by atoms with Crippen molar-refractivity contribution in [3.05, 3.63) is 12.2 Å². The molecule has 5 aliphatic rings. The number of aliphatic hydroxyl groups is 1. The second kappa shape index (κ2) is 7.57. The van der Waals surface area contributed by atoms with Crippen molar-refractivity contribution in [1.29, 1.82) is 0 Å². The van der Waals surface area contributed by atoms with Crippen molar-refractivity contribution in [2.75, 3.05) is 0 Å². The van der Waals surface area contributed by atoms with E-state index < -0.39 is 0 Å². The summed E-state index contributed by atoms with van der Waals surface area (Å²) < 4.78 is 0. The van der Waals surface area contributed by atoms with E-state index in [-0.39, 0.29) is 23.2 Å². The van der Waals surface area contributed by atoms with Gasteiger partial charge in [0, 0.05) is 18.3 Å². The highest BCUT2D eigenvalue weighted by Crippen LogP contribution is 2.71. The van der Waals surface area contributed by atoms with Crippen LogP contribution in [0.1, 0.15) is 92.9 Å². The molecule has 1 saturated heterocycles. The molecule has 0 aromatic heterocycles. The molecule has 3 heteroatoms. The maximum Gasteiger partial charge on any atom is 0.114 e. The third-order valence-corrected chi connectivity index (χ3v) is 11.5. The summed E-state index contributed by atoms with van der Waals surface area (Å²) in [6, 6.07) is 0. The topological polar surface area (TPSA) is 38.7 Å². The number of allylic oxidation sites excluding steroid dienone is 2. The Balaban J connectivity index is 1.40. The Morgan fingerprint density at radius 3 is 2.42 bits per heavy atom. The standard InChI is InChI=1S/C28H46O3/c1-17(2)18(3)7-8-19(4)21-9-10-22-25-23(12-13-26(21,22)5)27(6)14-11-20(29)15-28(27)16-24(25)30-31-28/h7-8,17-25,29H,9-16H2,1-6H3. The monoisotopic (exact) mass is 430 g/mol. The number of fused-ring (bicyclic) bond motifs is 6. The smallest absolute Gasteiger partial charge is 0.114 e. The van der Waals surface area contributed by atoms with Gasteiger partial charge in [0.15, 0.2) is 0 Å². The van der Waals surface area contributed by atoms with Crippen molar-refractivity contribution < 1.29 is 14.9 Å². The zero-order valence-corrected chi connectivity index (χ0v) is 20.8. The van der Waals surface area contributed by atoms with Crippen molar-refractivity contribution >= 4 is 0 Å². The van der Waals surface area contributed by atoms with Gasteiger partial charge in [-0.2, -0.15) is 0 Å². The Morgan fingerprint density at radius 2 is 1.68 bits per heavy atom. The quantitative estimate of drug-likeness (QED) is 0.406. The minimum atomic E-state index is -0.245. The van der Waals surface area contributed by atoms with Crippen LogP contribution in [0.5, 0.6) is 0 Å². The van der Waals surface area contributed by atoms with Crippen molar-refractivity contribution in [2.45, 2.75) is 111 Å². The summed E-state index contributed by atoms with van der Waals surface area (Å²) in [5, 5.41) is 10.4. The lowest BCUT2D eigenvalue weighted by molar-refractivity contribution is -0.350. The van der Waals surface area contributed by atoms with Crippen molar-refractivity contribution in [3.63, 3.8) is 0 Å². The molecule has 5 rings (SSSR count). The number of hydrogen-bond acceptors (Lipinski definition) is 3. The molecule has 0 aromatic rings. The number of hydrogen-bond donors (Lipinski definition) is 1. The first-order valence-corrected chi connectivity index (χ1v) is 13.3. The maximum atomic E-state index is 10.4. The summed E-state index contributed by atoms with van der Waals surface area (Å²) in [6.07, 6.45) is 14.2. The Hall–Kier alpha value is -0.380. The van der Waals surface area contributed by atoms with E-state index in [0.717, 1.165) is 37.5 Å². The van der Waals surface area contributed by atoms with Gasteiger partial charge in [-0.15, -0.1) is 0 Å². The van der Waals surface area contributed by atoms with Gasteiger partial charge in [-0.1, -0.05) is 53.7 Å². The SMILES string of the molecule is CC(C)C(C)C=CC(C)C1CCC2C3C4CC5(CC(O)CCC5(C)C3CCC12C)OO4. The fourth-order valence-corrected chi connectivity index (χ4v) is 9.19. The zero-order chi connectivity index (χ0) is 22.2. The first-order valence-electron chi connectivity index (χ1n) is 13.3. The molecule has 11 atom stereocenters. The van der Waals surface area contributed by atoms with Crippen molar-refractivity contribution in [2.24, 2.45) is 52.3 Å². The van der Waals surface area contributed by atoms with Gasteiger partial charge in [0.05, 0.1) is 12.2 Å². The molecular formula is C28H46O3. The van der Waals surface area contributed by atoms with E-state index in [2.05, 4.69) is 53.7 Å². The second-order valence-corrected chi connectivity index (χ2v) is 13.1. The van der Waals surface area contributed by atoms with E-state index in [1.165, 1.54) is 25.7 Å². The lowest BCUT2D eigenvalue weighted by Crippen LogP contribution is -2.63. The van der Waals surface area contributed by atoms with Crippen LogP contribution in [-0.4, -0.2) is 22.9 Å². The highest BCUT2D eigenvalue weighted by Gasteiger charge is 2.71. The third kappa shape index (κ3) is 3.16. The van der Waals surface area contributed by atoms with Crippen LogP contribution in [0.3, 0.4) is 0 Å². The Bertz CT molecular complexity index is 717. The molecule has 0 radical (unpaired) electrons. The van der Waals surface area contributed by atoms with Crippen LogP contribution in [0.2, 0.25) is 0 Å². The Kier molecular flexibility index (Phi) is 5.47. The highest BCUT2D eigenvalue weighted by atomic mass is 17.2.